The van der Waals surface area contributed by atoms with E-state index in [1.807, 2.05) is 19.1 Å². The minimum Gasteiger partial charge on any atom is -0.478 e. The third-order valence-electron chi connectivity index (χ3n) is 7.58. The third-order valence-corrected chi connectivity index (χ3v) is 7.58. The number of carbonyl (C=O) groups excluding carboxylic acids is 1. The first-order valence-electron chi connectivity index (χ1n) is 12.8. The Morgan fingerprint density at radius 3 is 2.46 bits per heavy atom. The number of aromatic nitrogens is 1. The van der Waals surface area contributed by atoms with Gasteiger partial charge in [0.25, 0.3) is 0 Å². The molecular weight excluding hydrogens is 444 g/mol. The fourth-order valence-electron chi connectivity index (χ4n) is 5.25. The molecule has 1 aromatic carbocycles. The Bertz CT molecular complexity index is 977. The number of ether oxygens (including phenoxy) is 2. The van der Waals surface area contributed by atoms with E-state index in [1.165, 1.54) is 32.1 Å². The Morgan fingerprint density at radius 2 is 1.83 bits per heavy atom. The van der Waals surface area contributed by atoms with Crippen molar-refractivity contribution in [1.29, 1.82) is 0 Å². The lowest BCUT2D eigenvalue weighted by molar-refractivity contribution is -0.131. The first-order chi connectivity index (χ1) is 17.0. The zero-order chi connectivity index (χ0) is 24.7. The summed E-state index contributed by atoms with van der Waals surface area (Å²) in [5.41, 5.74) is 1.22. The van der Waals surface area contributed by atoms with Crippen LogP contribution in [0, 0.1) is 5.92 Å². The Kier molecular flexibility index (Phi) is 8.39. The monoisotopic (exact) mass is 480 g/mol. The quantitative estimate of drug-likeness (QED) is 0.521. The summed E-state index contributed by atoms with van der Waals surface area (Å²) >= 11 is 0. The van der Waals surface area contributed by atoms with Gasteiger partial charge in [0.1, 0.15) is 0 Å². The molecule has 0 bridgehead atoms. The predicted molar refractivity (Wildman–Crippen MR) is 133 cm³/mol. The highest BCUT2D eigenvalue weighted by molar-refractivity contribution is 5.89. The number of hydrogen-bond acceptors (Lipinski definition) is 5. The van der Waals surface area contributed by atoms with Crippen LogP contribution in [0.3, 0.4) is 0 Å². The van der Waals surface area contributed by atoms with Gasteiger partial charge in [0, 0.05) is 25.5 Å². The average molecular weight is 481 g/mol. The molecule has 1 aliphatic heterocycles. The number of rotatable bonds is 9. The standard InChI is InChI=1S/C28H36N2O5/c1-20(22-7-9-23(10-8-22)26(31)32)30-27(33)28(14-17-34-18-15-28)24-11-12-25(29-19-24)35-16-13-21-5-3-2-4-6-21/h7-12,19-21H,2-6,13-18H2,1H3,(H,30,33)(H,31,32)/t20-/m0/s1. The number of carbonyl (C=O) groups is 2. The van der Waals surface area contributed by atoms with Crippen LogP contribution in [-0.4, -0.2) is 41.8 Å². The summed E-state index contributed by atoms with van der Waals surface area (Å²) in [7, 11) is 0. The van der Waals surface area contributed by atoms with Crippen molar-refractivity contribution in [2.75, 3.05) is 19.8 Å². The van der Waals surface area contributed by atoms with Crippen LogP contribution in [0.25, 0.3) is 0 Å². The molecule has 1 amide bonds. The highest BCUT2D eigenvalue weighted by Gasteiger charge is 2.42. The molecule has 35 heavy (non-hydrogen) atoms. The van der Waals surface area contributed by atoms with Crippen molar-refractivity contribution in [1.82, 2.24) is 10.3 Å². The molecule has 1 saturated carbocycles. The molecule has 2 heterocycles. The van der Waals surface area contributed by atoms with Gasteiger partial charge in [0.05, 0.1) is 23.6 Å². The van der Waals surface area contributed by atoms with E-state index in [9.17, 15) is 9.59 Å². The van der Waals surface area contributed by atoms with Gasteiger partial charge in [-0.2, -0.15) is 0 Å². The summed E-state index contributed by atoms with van der Waals surface area (Å²) in [4.78, 5) is 29.2. The molecule has 7 heteroatoms. The lowest BCUT2D eigenvalue weighted by Crippen LogP contribution is -2.48. The Morgan fingerprint density at radius 1 is 1.11 bits per heavy atom. The van der Waals surface area contributed by atoms with Crippen LogP contribution in [0.2, 0.25) is 0 Å². The van der Waals surface area contributed by atoms with E-state index in [0.29, 0.717) is 38.5 Å². The molecule has 188 valence electrons. The molecule has 2 fully saturated rings. The summed E-state index contributed by atoms with van der Waals surface area (Å²) in [5, 5.41) is 12.3. The highest BCUT2D eigenvalue weighted by Crippen LogP contribution is 2.36. The van der Waals surface area contributed by atoms with Gasteiger partial charge in [-0.25, -0.2) is 9.78 Å². The summed E-state index contributed by atoms with van der Waals surface area (Å²) < 4.78 is 11.5. The fraction of sp³-hybridized carbons (Fsp3) is 0.536. The number of carboxylic acids is 1. The molecule has 2 aromatic rings. The SMILES string of the molecule is C[C@H](NC(=O)C1(c2ccc(OCCC3CCCCC3)nc2)CCOCC1)c1ccc(C(=O)O)cc1. The van der Waals surface area contributed by atoms with Crippen molar-refractivity contribution in [3.8, 4) is 5.88 Å². The number of pyridine rings is 1. The Labute approximate surface area is 207 Å². The maximum absolute atomic E-state index is 13.6. The van der Waals surface area contributed by atoms with E-state index in [2.05, 4.69) is 10.3 Å². The molecule has 2 N–H and O–H groups in total. The summed E-state index contributed by atoms with van der Waals surface area (Å²) in [6, 6.07) is 10.2. The first-order valence-corrected chi connectivity index (χ1v) is 12.8. The number of nitrogens with zero attached hydrogens (tertiary/aromatic N) is 1. The minimum atomic E-state index is -0.969. The van der Waals surface area contributed by atoms with Gasteiger partial charge in [-0.15, -0.1) is 0 Å². The predicted octanol–water partition coefficient (Wildman–Crippen LogP) is 5.05. The van der Waals surface area contributed by atoms with Crippen LogP contribution in [-0.2, 0) is 14.9 Å². The second kappa shape index (κ2) is 11.7. The van der Waals surface area contributed by atoms with E-state index in [4.69, 9.17) is 14.6 Å². The lowest BCUT2D eigenvalue weighted by Gasteiger charge is -2.37. The fourth-order valence-corrected chi connectivity index (χ4v) is 5.25. The van der Waals surface area contributed by atoms with Crippen molar-refractivity contribution in [2.24, 2.45) is 5.92 Å². The van der Waals surface area contributed by atoms with E-state index in [0.717, 1.165) is 23.5 Å². The largest absolute Gasteiger partial charge is 0.478 e. The normalized spacial score (nSPS) is 19.0. The Balaban J connectivity index is 1.41. The van der Waals surface area contributed by atoms with Crippen LogP contribution in [0.1, 0.15) is 85.8 Å². The summed E-state index contributed by atoms with van der Waals surface area (Å²) in [6.07, 6.45) is 10.6. The maximum atomic E-state index is 13.6. The zero-order valence-corrected chi connectivity index (χ0v) is 20.5. The molecule has 0 unspecified atom stereocenters. The minimum absolute atomic E-state index is 0.0663. The van der Waals surface area contributed by atoms with Crippen molar-refractivity contribution in [2.45, 2.75) is 69.7 Å². The number of nitrogens with one attached hydrogen (secondary N) is 1. The number of benzene rings is 1. The molecular formula is C28H36N2O5. The van der Waals surface area contributed by atoms with E-state index >= 15 is 0 Å². The van der Waals surface area contributed by atoms with E-state index in [1.54, 1.807) is 30.5 Å². The number of carboxylic acid groups (broad SMARTS) is 1. The van der Waals surface area contributed by atoms with Gasteiger partial charge in [-0.3, -0.25) is 4.79 Å². The highest BCUT2D eigenvalue weighted by atomic mass is 16.5. The van der Waals surface area contributed by atoms with Crippen LogP contribution in [0.15, 0.2) is 42.6 Å². The first kappa shape index (κ1) is 25.2. The van der Waals surface area contributed by atoms with Gasteiger partial charge < -0.3 is 19.9 Å². The Hall–Kier alpha value is -2.93. The van der Waals surface area contributed by atoms with Crippen LogP contribution in [0.5, 0.6) is 5.88 Å². The summed E-state index contributed by atoms with van der Waals surface area (Å²) in [6.45, 7) is 3.60. The van der Waals surface area contributed by atoms with Crippen LogP contribution >= 0.6 is 0 Å². The van der Waals surface area contributed by atoms with Gasteiger partial charge in [0.2, 0.25) is 11.8 Å². The second-order valence-electron chi connectivity index (χ2n) is 9.84. The molecule has 1 aromatic heterocycles. The molecule has 1 saturated heterocycles. The van der Waals surface area contributed by atoms with Crippen molar-refractivity contribution in [3.05, 3.63) is 59.3 Å². The van der Waals surface area contributed by atoms with Crippen molar-refractivity contribution < 1.29 is 24.2 Å². The molecule has 4 rings (SSSR count). The molecule has 1 atom stereocenters. The molecule has 7 nitrogen and oxygen atoms in total. The van der Waals surface area contributed by atoms with Crippen LogP contribution in [0.4, 0.5) is 0 Å². The molecule has 1 aliphatic carbocycles. The van der Waals surface area contributed by atoms with Gasteiger partial charge in [-0.05, 0) is 55.4 Å². The number of amides is 1. The van der Waals surface area contributed by atoms with E-state index in [-0.39, 0.29) is 17.5 Å². The lowest BCUT2D eigenvalue weighted by atomic mass is 9.73. The van der Waals surface area contributed by atoms with Gasteiger partial charge in [0.15, 0.2) is 0 Å². The van der Waals surface area contributed by atoms with Crippen LogP contribution < -0.4 is 10.1 Å². The average Bonchev–Trinajstić information content (AvgIpc) is 2.90. The summed E-state index contributed by atoms with van der Waals surface area (Å²) in [5.74, 6) is 0.324. The number of hydrogen-bond donors (Lipinski definition) is 2. The smallest absolute Gasteiger partial charge is 0.335 e. The number of aromatic carboxylic acids is 1. The molecule has 0 spiro atoms. The van der Waals surface area contributed by atoms with Crippen molar-refractivity contribution in [3.63, 3.8) is 0 Å². The van der Waals surface area contributed by atoms with Gasteiger partial charge in [-0.1, -0.05) is 50.3 Å². The molecule has 0 radical (unpaired) electrons. The maximum Gasteiger partial charge on any atom is 0.335 e. The molecule has 2 aliphatic rings. The zero-order valence-electron chi connectivity index (χ0n) is 20.5. The van der Waals surface area contributed by atoms with E-state index < -0.39 is 11.4 Å². The topological polar surface area (TPSA) is 97.8 Å². The third kappa shape index (κ3) is 6.20. The van der Waals surface area contributed by atoms with Crippen molar-refractivity contribution >= 4 is 11.9 Å². The second-order valence-corrected chi connectivity index (χ2v) is 9.84. The van der Waals surface area contributed by atoms with Gasteiger partial charge >= 0.3 is 5.97 Å².